The van der Waals surface area contributed by atoms with E-state index in [1.165, 1.54) is 12.5 Å². The molecule has 1 saturated heterocycles. The summed E-state index contributed by atoms with van der Waals surface area (Å²) in [5, 5.41) is 2.84. The lowest BCUT2D eigenvalue weighted by Crippen LogP contribution is -2.37. The number of morpholine rings is 1. The molecule has 4 rings (SSSR count). The van der Waals surface area contributed by atoms with Gasteiger partial charge in [-0.1, -0.05) is 0 Å². The number of carbonyl (C=O) groups excluding carboxylic acids is 1. The first-order valence-electron chi connectivity index (χ1n) is 10.5. The van der Waals surface area contributed by atoms with Gasteiger partial charge >= 0.3 is 0 Å². The van der Waals surface area contributed by atoms with Crippen LogP contribution in [0.1, 0.15) is 21.7 Å². The number of aryl methyl sites for hydroxylation is 1. The van der Waals surface area contributed by atoms with Gasteiger partial charge in [-0.25, -0.2) is 18.4 Å². The van der Waals surface area contributed by atoms with E-state index >= 15 is 0 Å². The SMILES string of the molecule is Cc1ccc(C(=O)Nc2ccc(-c3nc(CS(C)(=O)=O)cc(N4CCOCC4)n3)cc2)cn1. The second-order valence-electron chi connectivity index (χ2n) is 7.93. The minimum atomic E-state index is -3.26. The topological polar surface area (TPSA) is 114 Å². The van der Waals surface area contributed by atoms with Crippen molar-refractivity contribution in [1.29, 1.82) is 0 Å². The third kappa shape index (κ3) is 6.11. The molecule has 3 heterocycles. The molecule has 1 fully saturated rings. The Morgan fingerprint density at radius 2 is 1.82 bits per heavy atom. The minimum Gasteiger partial charge on any atom is -0.378 e. The molecule has 0 aliphatic carbocycles. The second-order valence-corrected chi connectivity index (χ2v) is 10.1. The molecule has 1 aromatic carbocycles. The summed E-state index contributed by atoms with van der Waals surface area (Å²) in [5.41, 5.74) is 3.08. The van der Waals surface area contributed by atoms with Crippen LogP contribution in [0.3, 0.4) is 0 Å². The lowest BCUT2D eigenvalue weighted by molar-refractivity contribution is 0.102. The fourth-order valence-electron chi connectivity index (χ4n) is 3.42. The highest BCUT2D eigenvalue weighted by molar-refractivity contribution is 7.89. The molecule has 1 N–H and O–H groups in total. The van der Waals surface area contributed by atoms with Gasteiger partial charge in [0.05, 0.1) is 30.2 Å². The Morgan fingerprint density at radius 3 is 2.45 bits per heavy atom. The molecule has 0 saturated carbocycles. The van der Waals surface area contributed by atoms with E-state index in [1.807, 2.05) is 6.92 Å². The molecular weight excluding hydrogens is 442 g/mol. The third-order valence-electron chi connectivity index (χ3n) is 5.09. The van der Waals surface area contributed by atoms with Crippen LogP contribution < -0.4 is 10.2 Å². The number of anilines is 2. The standard InChI is InChI=1S/C23H25N5O4S/c1-16-3-4-18(14-24-16)23(29)26-19-7-5-17(6-8-19)22-25-20(15-33(2,30)31)13-21(27-22)28-9-11-32-12-10-28/h3-8,13-14H,9-12,15H2,1-2H3,(H,26,29). The summed E-state index contributed by atoms with van der Waals surface area (Å²) in [6, 6.07) is 12.3. The summed E-state index contributed by atoms with van der Waals surface area (Å²) in [5.74, 6) is 0.680. The molecular formula is C23H25N5O4S. The monoisotopic (exact) mass is 467 g/mol. The quantitative estimate of drug-likeness (QED) is 0.588. The largest absolute Gasteiger partial charge is 0.378 e. The maximum atomic E-state index is 12.4. The maximum absolute atomic E-state index is 12.4. The number of hydrogen-bond donors (Lipinski definition) is 1. The highest BCUT2D eigenvalue weighted by Crippen LogP contribution is 2.24. The number of hydrogen-bond acceptors (Lipinski definition) is 8. The van der Waals surface area contributed by atoms with E-state index in [-0.39, 0.29) is 11.7 Å². The van der Waals surface area contributed by atoms with Gasteiger partial charge in [0, 0.05) is 48.6 Å². The van der Waals surface area contributed by atoms with E-state index in [2.05, 4.69) is 25.2 Å². The molecule has 0 unspecified atom stereocenters. The number of nitrogens with zero attached hydrogens (tertiary/aromatic N) is 4. The van der Waals surface area contributed by atoms with Gasteiger partial charge < -0.3 is 15.0 Å². The van der Waals surface area contributed by atoms with Gasteiger partial charge in [0.1, 0.15) is 5.82 Å². The second kappa shape index (κ2) is 9.63. The molecule has 172 valence electrons. The van der Waals surface area contributed by atoms with Crippen molar-refractivity contribution in [3.8, 4) is 11.4 Å². The smallest absolute Gasteiger partial charge is 0.257 e. The predicted molar refractivity (Wildman–Crippen MR) is 126 cm³/mol. The van der Waals surface area contributed by atoms with Crippen LogP contribution >= 0.6 is 0 Å². The molecule has 1 aliphatic heterocycles. The molecule has 0 radical (unpaired) electrons. The van der Waals surface area contributed by atoms with Crippen LogP contribution in [-0.2, 0) is 20.3 Å². The van der Waals surface area contributed by atoms with Crippen molar-refractivity contribution < 1.29 is 17.9 Å². The molecule has 0 bridgehead atoms. The van der Waals surface area contributed by atoms with Gasteiger partial charge in [-0.2, -0.15) is 0 Å². The predicted octanol–water partition coefficient (Wildman–Crippen LogP) is 2.48. The number of pyridine rings is 1. The minimum absolute atomic E-state index is 0.168. The number of sulfone groups is 1. The lowest BCUT2D eigenvalue weighted by atomic mass is 10.1. The van der Waals surface area contributed by atoms with Gasteiger partial charge in [-0.15, -0.1) is 0 Å². The van der Waals surface area contributed by atoms with Crippen LogP contribution in [0.5, 0.6) is 0 Å². The zero-order valence-corrected chi connectivity index (χ0v) is 19.3. The highest BCUT2D eigenvalue weighted by atomic mass is 32.2. The summed E-state index contributed by atoms with van der Waals surface area (Å²) >= 11 is 0. The fourth-order valence-corrected chi connectivity index (χ4v) is 4.10. The van der Waals surface area contributed by atoms with E-state index in [4.69, 9.17) is 4.74 Å². The fraction of sp³-hybridized carbons (Fsp3) is 0.304. The lowest BCUT2D eigenvalue weighted by Gasteiger charge is -2.28. The van der Waals surface area contributed by atoms with E-state index in [0.717, 1.165) is 11.3 Å². The van der Waals surface area contributed by atoms with Crippen molar-refractivity contribution in [2.75, 3.05) is 42.8 Å². The van der Waals surface area contributed by atoms with E-state index in [1.54, 1.807) is 42.5 Å². The summed E-state index contributed by atoms with van der Waals surface area (Å²) < 4.78 is 29.2. The molecule has 1 aliphatic rings. The Morgan fingerprint density at radius 1 is 1.09 bits per heavy atom. The van der Waals surface area contributed by atoms with Crippen LogP contribution in [-0.4, -0.2) is 61.8 Å². The summed E-state index contributed by atoms with van der Waals surface area (Å²) in [6.07, 6.45) is 2.72. The van der Waals surface area contributed by atoms with Gasteiger partial charge in [-0.3, -0.25) is 9.78 Å². The average Bonchev–Trinajstić information content (AvgIpc) is 2.79. The van der Waals surface area contributed by atoms with Gasteiger partial charge in [0.2, 0.25) is 0 Å². The van der Waals surface area contributed by atoms with E-state index < -0.39 is 9.84 Å². The number of carbonyl (C=O) groups is 1. The molecule has 3 aromatic rings. The summed E-state index contributed by atoms with van der Waals surface area (Å²) in [6.45, 7) is 4.39. The molecule has 9 nitrogen and oxygen atoms in total. The van der Waals surface area contributed by atoms with Crippen molar-refractivity contribution in [3.05, 3.63) is 65.6 Å². The Bertz CT molecular complexity index is 1240. The van der Waals surface area contributed by atoms with Gasteiger partial charge in [0.15, 0.2) is 15.7 Å². The number of ether oxygens (including phenoxy) is 1. The molecule has 1 amide bonds. The van der Waals surface area contributed by atoms with Crippen molar-refractivity contribution in [2.24, 2.45) is 0 Å². The number of rotatable bonds is 6. The normalized spacial score (nSPS) is 14.2. The van der Waals surface area contributed by atoms with Gasteiger partial charge in [-0.05, 0) is 43.3 Å². The Labute approximate surface area is 192 Å². The van der Waals surface area contributed by atoms with Crippen LogP contribution in [0.4, 0.5) is 11.5 Å². The van der Waals surface area contributed by atoms with Crippen LogP contribution in [0.15, 0.2) is 48.7 Å². The van der Waals surface area contributed by atoms with Crippen LogP contribution in [0, 0.1) is 6.92 Å². The number of aromatic nitrogens is 3. The number of benzene rings is 1. The molecule has 0 atom stereocenters. The highest BCUT2D eigenvalue weighted by Gasteiger charge is 2.17. The Kier molecular flexibility index (Phi) is 6.66. The van der Waals surface area contributed by atoms with Crippen molar-refractivity contribution in [3.63, 3.8) is 0 Å². The van der Waals surface area contributed by atoms with Crippen LogP contribution in [0.2, 0.25) is 0 Å². The van der Waals surface area contributed by atoms with Gasteiger partial charge in [0.25, 0.3) is 5.91 Å². The first kappa shape index (κ1) is 22.8. The molecule has 10 heteroatoms. The average molecular weight is 468 g/mol. The molecule has 33 heavy (non-hydrogen) atoms. The Hall–Kier alpha value is -3.37. The Balaban J connectivity index is 1.58. The number of nitrogens with one attached hydrogen (secondary N) is 1. The summed E-state index contributed by atoms with van der Waals surface area (Å²) in [4.78, 5) is 27.8. The zero-order chi connectivity index (χ0) is 23.4. The third-order valence-corrected chi connectivity index (χ3v) is 5.91. The van der Waals surface area contributed by atoms with Crippen molar-refractivity contribution >= 4 is 27.2 Å². The van der Waals surface area contributed by atoms with E-state index in [0.29, 0.717) is 54.9 Å². The van der Waals surface area contributed by atoms with E-state index in [9.17, 15) is 13.2 Å². The molecule has 2 aromatic heterocycles. The first-order chi connectivity index (χ1) is 15.8. The molecule has 0 spiro atoms. The maximum Gasteiger partial charge on any atom is 0.257 e. The zero-order valence-electron chi connectivity index (χ0n) is 18.5. The van der Waals surface area contributed by atoms with Crippen molar-refractivity contribution in [1.82, 2.24) is 15.0 Å². The first-order valence-corrected chi connectivity index (χ1v) is 12.6. The number of amides is 1. The van der Waals surface area contributed by atoms with Crippen LogP contribution in [0.25, 0.3) is 11.4 Å². The van der Waals surface area contributed by atoms with Crippen molar-refractivity contribution in [2.45, 2.75) is 12.7 Å². The summed E-state index contributed by atoms with van der Waals surface area (Å²) in [7, 11) is -3.26.